The topological polar surface area (TPSA) is 9.23 Å². The molecule has 2 rings (SSSR count). The minimum atomic E-state index is 0.410. The summed E-state index contributed by atoms with van der Waals surface area (Å²) in [4.78, 5) is 0. The van der Waals surface area contributed by atoms with Gasteiger partial charge in [-0.3, -0.25) is 0 Å². The Morgan fingerprint density at radius 1 is 0.857 bits per heavy atom. The number of hydrogen-bond donors (Lipinski definition) is 0. The molecule has 2 aliphatic rings. The maximum Gasteiger partial charge on any atom is 0.0651 e. The number of fused-ring (bicyclic) bond motifs is 1. The summed E-state index contributed by atoms with van der Waals surface area (Å²) in [6.07, 6.45) is 19.0. The molecular weight excluding hydrogens is 256 g/mol. The van der Waals surface area contributed by atoms with Gasteiger partial charge in [0.05, 0.1) is 12.7 Å². The lowest BCUT2D eigenvalue weighted by Crippen LogP contribution is -2.07. The Morgan fingerprint density at radius 2 is 1.62 bits per heavy atom. The second kappa shape index (κ2) is 14.4. The van der Waals surface area contributed by atoms with E-state index in [0.717, 1.165) is 18.4 Å². The standard InChI is InChI=1S/C16H26O.2C2H6/c1-14-8-3-2-4-9-15-11-7-12-16(15)10-5-6-13-17-14;2*1-2/h4-6,9,14-16H,2-3,7-8,10-13H2,1H3;2*1-2H3/b6-5+,9-4+;;. The SMILES string of the molecule is CC.CC.CC1CCC/C=C/C2CCCC2C/C=C/CO1. The van der Waals surface area contributed by atoms with E-state index in [1.807, 2.05) is 27.7 Å². The third kappa shape index (κ3) is 9.14. The molecular formula is C20H38O. The molecule has 1 saturated carbocycles. The lowest BCUT2D eigenvalue weighted by Gasteiger charge is -2.13. The monoisotopic (exact) mass is 294 g/mol. The van der Waals surface area contributed by atoms with Crippen LogP contribution in [0.25, 0.3) is 0 Å². The summed E-state index contributed by atoms with van der Waals surface area (Å²) in [7, 11) is 0. The maximum absolute atomic E-state index is 5.76. The molecule has 21 heavy (non-hydrogen) atoms. The fourth-order valence-corrected chi connectivity index (χ4v) is 3.05. The zero-order valence-corrected chi connectivity index (χ0v) is 15.1. The second-order valence-electron chi connectivity index (χ2n) is 5.56. The lowest BCUT2D eigenvalue weighted by molar-refractivity contribution is 0.0804. The molecule has 0 spiro atoms. The van der Waals surface area contributed by atoms with Crippen LogP contribution in [0.15, 0.2) is 24.3 Å². The Balaban J connectivity index is 0.000000921. The zero-order valence-electron chi connectivity index (χ0n) is 15.1. The Bertz CT molecular complexity index is 267. The first kappa shape index (κ1) is 20.4. The Kier molecular flexibility index (Phi) is 14.0. The molecule has 3 unspecified atom stereocenters. The minimum Gasteiger partial charge on any atom is -0.374 e. The Labute approximate surface area is 133 Å². The average Bonchev–Trinajstić information content (AvgIpc) is 2.97. The van der Waals surface area contributed by atoms with Crippen molar-refractivity contribution in [2.45, 2.75) is 85.7 Å². The number of hydrogen-bond acceptors (Lipinski definition) is 1. The van der Waals surface area contributed by atoms with Crippen LogP contribution in [0.2, 0.25) is 0 Å². The van der Waals surface area contributed by atoms with E-state index >= 15 is 0 Å². The molecule has 3 atom stereocenters. The molecule has 0 bridgehead atoms. The van der Waals surface area contributed by atoms with Gasteiger partial charge in [-0.1, -0.05) is 58.4 Å². The summed E-state index contributed by atoms with van der Waals surface area (Å²) >= 11 is 0. The third-order valence-electron chi connectivity index (χ3n) is 4.17. The third-order valence-corrected chi connectivity index (χ3v) is 4.17. The van der Waals surface area contributed by atoms with Gasteiger partial charge >= 0.3 is 0 Å². The summed E-state index contributed by atoms with van der Waals surface area (Å²) in [5.41, 5.74) is 0. The van der Waals surface area contributed by atoms with Crippen LogP contribution in [-0.2, 0) is 4.74 Å². The van der Waals surface area contributed by atoms with E-state index in [4.69, 9.17) is 4.74 Å². The van der Waals surface area contributed by atoms with E-state index in [2.05, 4.69) is 31.2 Å². The lowest BCUT2D eigenvalue weighted by atomic mass is 9.92. The van der Waals surface area contributed by atoms with Gasteiger partial charge in [0, 0.05) is 0 Å². The van der Waals surface area contributed by atoms with Gasteiger partial charge in [-0.2, -0.15) is 0 Å². The van der Waals surface area contributed by atoms with Crippen molar-refractivity contribution in [1.82, 2.24) is 0 Å². The van der Waals surface area contributed by atoms with Gasteiger partial charge in [-0.05, 0) is 57.3 Å². The first-order valence-corrected chi connectivity index (χ1v) is 9.29. The van der Waals surface area contributed by atoms with Crippen LogP contribution in [0.4, 0.5) is 0 Å². The summed E-state index contributed by atoms with van der Waals surface area (Å²) in [6, 6.07) is 0. The van der Waals surface area contributed by atoms with Crippen molar-refractivity contribution in [1.29, 1.82) is 0 Å². The van der Waals surface area contributed by atoms with E-state index < -0.39 is 0 Å². The molecule has 1 heteroatoms. The molecule has 0 aromatic rings. The van der Waals surface area contributed by atoms with E-state index in [0.29, 0.717) is 6.10 Å². The first-order chi connectivity index (χ1) is 10.4. The van der Waals surface area contributed by atoms with E-state index in [9.17, 15) is 0 Å². The van der Waals surface area contributed by atoms with Crippen molar-refractivity contribution >= 4 is 0 Å². The van der Waals surface area contributed by atoms with Crippen molar-refractivity contribution in [3.8, 4) is 0 Å². The number of ether oxygens (including phenoxy) is 1. The largest absolute Gasteiger partial charge is 0.374 e. The van der Waals surface area contributed by atoms with Crippen LogP contribution in [-0.4, -0.2) is 12.7 Å². The fraction of sp³-hybridized carbons (Fsp3) is 0.800. The Morgan fingerprint density at radius 3 is 2.38 bits per heavy atom. The molecule has 1 heterocycles. The fourth-order valence-electron chi connectivity index (χ4n) is 3.05. The summed E-state index contributed by atoms with van der Waals surface area (Å²) < 4.78 is 5.76. The molecule has 124 valence electrons. The molecule has 0 N–H and O–H groups in total. The van der Waals surface area contributed by atoms with Crippen molar-refractivity contribution in [3.63, 3.8) is 0 Å². The second-order valence-corrected chi connectivity index (χ2v) is 5.56. The van der Waals surface area contributed by atoms with Gasteiger partial charge in [-0.25, -0.2) is 0 Å². The van der Waals surface area contributed by atoms with Gasteiger partial charge in [0.2, 0.25) is 0 Å². The summed E-state index contributed by atoms with van der Waals surface area (Å²) in [5.74, 6) is 1.74. The number of rotatable bonds is 0. The van der Waals surface area contributed by atoms with Crippen LogP contribution >= 0.6 is 0 Å². The molecule has 1 aliphatic carbocycles. The van der Waals surface area contributed by atoms with E-state index in [1.54, 1.807) is 0 Å². The molecule has 0 aromatic carbocycles. The molecule has 1 aliphatic heterocycles. The molecule has 1 fully saturated rings. The smallest absolute Gasteiger partial charge is 0.0651 e. The quantitative estimate of drug-likeness (QED) is 0.460. The maximum atomic E-state index is 5.76. The van der Waals surface area contributed by atoms with E-state index in [-0.39, 0.29) is 0 Å². The van der Waals surface area contributed by atoms with Crippen LogP contribution in [0.3, 0.4) is 0 Å². The van der Waals surface area contributed by atoms with Gasteiger partial charge in [-0.15, -0.1) is 0 Å². The average molecular weight is 295 g/mol. The van der Waals surface area contributed by atoms with Gasteiger partial charge in [0.15, 0.2) is 0 Å². The highest BCUT2D eigenvalue weighted by molar-refractivity contribution is 4.98. The number of allylic oxidation sites excluding steroid dienone is 3. The zero-order chi connectivity index (χ0) is 15.9. The normalized spacial score (nSPS) is 32.5. The minimum absolute atomic E-state index is 0.410. The van der Waals surface area contributed by atoms with Crippen molar-refractivity contribution in [2.24, 2.45) is 11.8 Å². The van der Waals surface area contributed by atoms with Crippen LogP contribution in [0.1, 0.15) is 79.6 Å². The van der Waals surface area contributed by atoms with Gasteiger partial charge < -0.3 is 4.74 Å². The van der Waals surface area contributed by atoms with Gasteiger partial charge in [0.25, 0.3) is 0 Å². The van der Waals surface area contributed by atoms with Crippen LogP contribution in [0, 0.1) is 11.8 Å². The van der Waals surface area contributed by atoms with E-state index in [1.165, 1.54) is 44.9 Å². The predicted molar refractivity (Wildman–Crippen MR) is 95.7 cm³/mol. The highest BCUT2D eigenvalue weighted by Crippen LogP contribution is 2.35. The Hall–Kier alpha value is -0.560. The van der Waals surface area contributed by atoms with Gasteiger partial charge in [0.1, 0.15) is 0 Å². The predicted octanol–water partition coefficient (Wildman–Crippen LogP) is 6.55. The summed E-state index contributed by atoms with van der Waals surface area (Å²) in [6.45, 7) is 11.0. The molecule has 0 saturated heterocycles. The summed E-state index contributed by atoms with van der Waals surface area (Å²) in [5, 5.41) is 0. The van der Waals surface area contributed by atoms with Crippen molar-refractivity contribution < 1.29 is 4.74 Å². The van der Waals surface area contributed by atoms with Crippen LogP contribution in [0.5, 0.6) is 0 Å². The molecule has 1 nitrogen and oxygen atoms in total. The highest BCUT2D eigenvalue weighted by Gasteiger charge is 2.23. The molecule has 0 radical (unpaired) electrons. The van der Waals surface area contributed by atoms with Crippen LogP contribution < -0.4 is 0 Å². The highest BCUT2D eigenvalue weighted by atomic mass is 16.5. The van der Waals surface area contributed by atoms with Crippen molar-refractivity contribution in [3.05, 3.63) is 24.3 Å². The molecule has 0 amide bonds. The van der Waals surface area contributed by atoms with Crippen molar-refractivity contribution in [2.75, 3.05) is 6.61 Å². The molecule has 0 aromatic heterocycles. The first-order valence-electron chi connectivity index (χ1n) is 9.29.